The Kier molecular flexibility index (Phi) is 8.61. The van der Waals surface area contributed by atoms with Crippen LogP contribution in [0.3, 0.4) is 0 Å². The third kappa shape index (κ3) is 5.78. The molecule has 0 aliphatic rings. The topological polar surface area (TPSA) is 80.3 Å². The number of methoxy groups -OCH3 is 3. The fraction of sp³-hybridized carbons (Fsp3) is 0.161. The lowest BCUT2D eigenvalue weighted by molar-refractivity contribution is 0.0462. The Morgan fingerprint density at radius 3 is 1.61 bits per heavy atom. The van der Waals surface area contributed by atoms with Gasteiger partial charge in [-0.05, 0) is 41.5 Å². The molecule has 0 saturated heterocycles. The molecule has 4 rings (SSSR count). The van der Waals surface area contributed by atoms with E-state index in [2.05, 4.69) is 0 Å². The maximum atomic E-state index is 12.7. The van der Waals surface area contributed by atoms with Gasteiger partial charge in [0.2, 0.25) is 5.75 Å². The summed E-state index contributed by atoms with van der Waals surface area (Å²) >= 11 is 0. The van der Waals surface area contributed by atoms with Gasteiger partial charge >= 0.3 is 11.9 Å². The van der Waals surface area contributed by atoms with Gasteiger partial charge in [-0.3, -0.25) is 0 Å². The van der Waals surface area contributed by atoms with Gasteiger partial charge < -0.3 is 23.7 Å². The molecule has 0 aliphatic heterocycles. The highest BCUT2D eigenvalue weighted by Gasteiger charge is 2.24. The maximum Gasteiger partial charge on any atom is 0.338 e. The van der Waals surface area contributed by atoms with Crippen LogP contribution < -0.4 is 14.2 Å². The third-order valence-electron chi connectivity index (χ3n) is 5.93. The molecule has 0 fully saturated rings. The van der Waals surface area contributed by atoms with Gasteiger partial charge in [-0.25, -0.2) is 9.59 Å². The minimum Gasteiger partial charge on any atom is -0.493 e. The van der Waals surface area contributed by atoms with Crippen LogP contribution in [0, 0.1) is 0 Å². The summed E-state index contributed by atoms with van der Waals surface area (Å²) in [5, 5.41) is 0. The second-order valence-corrected chi connectivity index (χ2v) is 8.22. The highest BCUT2D eigenvalue weighted by atomic mass is 16.5. The second-order valence-electron chi connectivity index (χ2n) is 8.22. The van der Waals surface area contributed by atoms with Gasteiger partial charge in [0.05, 0.1) is 32.5 Å². The van der Waals surface area contributed by atoms with Gasteiger partial charge in [0.1, 0.15) is 13.2 Å². The van der Waals surface area contributed by atoms with Crippen LogP contribution in [-0.2, 0) is 22.7 Å². The summed E-state index contributed by atoms with van der Waals surface area (Å²) in [6.07, 6.45) is 0. The SMILES string of the molecule is COc1cc(COC(=O)c2ccccc2)c(-c2ccccc2COC(=O)c2ccccc2)c(OC)c1OC. The van der Waals surface area contributed by atoms with Crippen molar-refractivity contribution >= 4 is 11.9 Å². The third-order valence-corrected chi connectivity index (χ3v) is 5.93. The highest BCUT2D eigenvalue weighted by molar-refractivity contribution is 5.90. The molecule has 0 atom stereocenters. The number of ether oxygens (including phenoxy) is 5. The van der Waals surface area contributed by atoms with Crippen molar-refractivity contribution in [3.63, 3.8) is 0 Å². The van der Waals surface area contributed by atoms with E-state index in [-0.39, 0.29) is 13.2 Å². The molecule has 0 radical (unpaired) electrons. The fourth-order valence-corrected chi connectivity index (χ4v) is 4.11. The van der Waals surface area contributed by atoms with Crippen molar-refractivity contribution in [3.05, 3.63) is 113 Å². The Labute approximate surface area is 221 Å². The van der Waals surface area contributed by atoms with Gasteiger partial charge in [-0.1, -0.05) is 60.7 Å². The number of hydrogen-bond acceptors (Lipinski definition) is 7. The molecule has 38 heavy (non-hydrogen) atoms. The largest absolute Gasteiger partial charge is 0.493 e. The lowest BCUT2D eigenvalue weighted by atomic mass is 9.94. The number of esters is 2. The van der Waals surface area contributed by atoms with Crippen molar-refractivity contribution in [1.82, 2.24) is 0 Å². The van der Waals surface area contributed by atoms with E-state index in [0.717, 1.165) is 11.1 Å². The summed E-state index contributed by atoms with van der Waals surface area (Å²) < 4.78 is 28.3. The molecule has 0 aromatic heterocycles. The Balaban J connectivity index is 1.73. The van der Waals surface area contributed by atoms with E-state index < -0.39 is 11.9 Å². The summed E-state index contributed by atoms with van der Waals surface area (Å²) in [4.78, 5) is 25.3. The zero-order chi connectivity index (χ0) is 26.9. The van der Waals surface area contributed by atoms with Crippen LogP contribution in [0.2, 0.25) is 0 Å². The molecule has 194 valence electrons. The molecular weight excluding hydrogens is 484 g/mol. The van der Waals surface area contributed by atoms with Crippen LogP contribution in [0.25, 0.3) is 11.1 Å². The van der Waals surface area contributed by atoms with E-state index in [9.17, 15) is 9.59 Å². The number of rotatable bonds is 10. The first kappa shape index (κ1) is 26.3. The summed E-state index contributed by atoms with van der Waals surface area (Å²) in [6, 6.07) is 26.8. The molecule has 4 aromatic rings. The number of benzene rings is 4. The number of hydrogen-bond donors (Lipinski definition) is 0. The summed E-state index contributed by atoms with van der Waals surface area (Å²) in [5.41, 5.74) is 3.63. The van der Waals surface area contributed by atoms with Crippen molar-refractivity contribution in [1.29, 1.82) is 0 Å². The van der Waals surface area contributed by atoms with Gasteiger partial charge in [-0.2, -0.15) is 0 Å². The lowest BCUT2D eigenvalue weighted by Crippen LogP contribution is -2.09. The Hall–Kier alpha value is -4.78. The Morgan fingerprint density at radius 2 is 1.08 bits per heavy atom. The maximum absolute atomic E-state index is 12.7. The smallest absolute Gasteiger partial charge is 0.338 e. The first-order valence-electron chi connectivity index (χ1n) is 11.9. The lowest BCUT2D eigenvalue weighted by Gasteiger charge is -2.21. The summed E-state index contributed by atoms with van der Waals surface area (Å²) in [7, 11) is 4.57. The predicted molar refractivity (Wildman–Crippen MR) is 143 cm³/mol. The average Bonchev–Trinajstić information content (AvgIpc) is 2.98. The second kappa shape index (κ2) is 12.5. The van der Waals surface area contributed by atoms with Gasteiger partial charge in [0.15, 0.2) is 11.5 Å². The molecule has 7 heteroatoms. The van der Waals surface area contributed by atoms with E-state index in [4.69, 9.17) is 23.7 Å². The summed E-state index contributed by atoms with van der Waals surface area (Å²) in [6.45, 7) is -0.0391. The number of carbonyl (C=O) groups excluding carboxylic acids is 2. The molecule has 4 aromatic carbocycles. The zero-order valence-corrected chi connectivity index (χ0v) is 21.4. The normalized spacial score (nSPS) is 10.4. The molecule has 0 unspecified atom stereocenters. The zero-order valence-electron chi connectivity index (χ0n) is 21.4. The standard InChI is InChI=1S/C31H28O7/c1-34-26-18-24(20-38-31(33)22-14-8-5-9-15-22)27(29(36-3)28(26)35-2)25-17-11-10-16-23(25)19-37-30(32)21-12-6-4-7-13-21/h4-18H,19-20H2,1-3H3. The quantitative estimate of drug-likeness (QED) is 0.238. The average molecular weight is 513 g/mol. The van der Waals surface area contributed by atoms with Gasteiger partial charge in [0.25, 0.3) is 0 Å². The molecule has 0 heterocycles. The fourth-order valence-electron chi connectivity index (χ4n) is 4.11. The van der Waals surface area contributed by atoms with Crippen LogP contribution >= 0.6 is 0 Å². The molecule has 0 amide bonds. The number of carbonyl (C=O) groups is 2. The molecular formula is C31H28O7. The van der Waals surface area contributed by atoms with E-state index >= 15 is 0 Å². The Bertz CT molecular complexity index is 1400. The monoisotopic (exact) mass is 512 g/mol. The minimum atomic E-state index is -0.463. The van der Waals surface area contributed by atoms with E-state index in [1.807, 2.05) is 36.4 Å². The minimum absolute atomic E-state index is 0.0185. The molecule has 0 spiro atoms. The Morgan fingerprint density at radius 1 is 0.579 bits per heavy atom. The van der Waals surface area contributed by atoms with E-state index in [1.165, 1.54) is 21.3 Å². The van der Waals surface area contributed by atoms with Crippen LogP contribution in [-0.4, -0.2) is 33.3 Å². The van der Waals surface area contributed by atoms with Crippen molar-refractivity contribution in [2.75, 3.05) is 21.3 Å². The van der Waals surface area contributed by atoms with Crippen molar-refractivity contribution in [2.24, 2.45) is 0 Å². The van der Waals surface area contributed by atoms with E-state index in [0.29, 0.717) is 39.5 Å². The molecule has 0 N–H and O–H groups in total. The summed E-state index contributed by atoms with van der Waals surface area (Å²) in [5.74, 6) is 0.317. The van der Waals surface area contributed by atoms with Crippen LogP contribution in [0.1, 0.15) is 31.8 Å². The predicted octanol–water partition coefficient (Wildman–Crippen LogP) is 6.09. The van der Waals surface area contributed by atoms with Gasteiger partial charge in [-0.15, -0.1) is 0 Å². The van der Waals surface area contributed by atoms with Crippen molar-refractivity contribution in [2.45, 2.75) is 13.2 Å². The van der Waals surface area contributed by atoms with Crippen LogP contribution in [0.5, 0.6) is 17.2 Å². The molecule has 0 bridgehead atoms. The molecule has 0 saturated carbocycles. The highest BCUT2D eigenvalue weighted by Crippen LogP contribution is 2.48. The van der Waals surface area contributed by atoms with Crippen molar-refractivity contribution < 1.29 is 33.3 Å². The van der Waals surface area contributed by atoms with E-state index in [1.54, 1.807) is 54.6 Å². The van der Waals surface area contributed by atoms with Gasteiger partial charge in [0, 0.05) is 11.1 Å². The first-order chi connectivity index (χ1) is 18.6. The molecule has 7 nitrogen and oxygen atoms in total. The van der Waals surface area contributed by atoms with Crippen LogP contribution in [0.15, 0.2) is 91.0 Å². The molecule has 0 aliphatic carbocycles. The van der Waals surface area contributed by atoms with Crippen molar-refractivity contribution in [3.8, 4) is 28.4 Å². The van der Waals surface area contributed by atoms with Crippen LogP contribution in [0.4, 0.5) is 0 Å². The first-order valence-corrected chi connectivity index (χ1v) is 11.9.